The van der Waals surface area contributed by atoms with Gasteiger partial charge in [-0.25, -0.2) is 0 Å². The van der Waals surface area contributed by atoms with Crippen LogP contribution in [0.4, 0.5) is 0 Å². The van der Waals surface area contributed by atoms with Gasteiger partial charge in [0.05, 0.1) is 25.4 Å². The van der Waals surface area contributed by atoms with Crippen molar-refractivity contribution < 1.29 is 24.5 Å². The van der Waals surface area contributed by atoms with E-state index >= 15 is 0 Å². The van der Waals surface area contributed by atoms with Gasteiger partial charge in [-0.2, -0.15) is 0 Å². The number of esters is 1. The summed E-state index contributed by atoms with van der Waals surface area (Å²) in [5.74, 6) is -0.0218. The Bertz CT molecular complexity index is 1250. The van der Waals surface area contributed by atoms with Crippen LogP contribution in [0.3, 0.4) is 0 Å². The molecular weight excluding hydrogens is 983 g/mol. The largest absolute Gasteiger partial charge is 0.466 e. The number of ether oxygens (including phenoxy) is 1. The van der Waals surface area contributed by atoms with Crippen molar-refractivity contribution in [2.75, 3.05) is 13.2 Å². The van der Waals surface area contributed by atoms with E-state index in [1.165, 1.54) is 327 Å². The first-order chi connectivity index (χ1) is 39.5. The summed E-state index contributed by atoms with van der Waals surface area (Å²) in [5, 5.41) is 23.5. The fourth-order valence-corrected chi connectivity index (χ4v) is 11.7. The lowest BCUT2D eigenvalue weighted by Gasteiger charge is -2.22. The first-order valence-electron chi connectivity index (χ1n) is 36.6. The predicted molar refractivity (Wildman–Crippen MR) is 352 cm³/mol. The summed E-state index contributed by atoms with van der Waals surface area (Å²) < 4.78 is 5.50. The molecule has 0 aromatic heterocycles. The maximum absolute atomic E-state index is 12.6. The molecule has 0 fully saturated rings. The fraction of sp³-hybridized carbons (Fsp3) is 0.919. The molecule has 0 aromatic carbocycles. The molecule has 0 aliphatic heterocycles. The van der Waals surface area contributed by atoms with Gasteiger partial charge >= 0.3 is 5.97 Å². The second kappa shape index (κ2) is 69.8. The Balaban J connectivity index is 3.37. The van der Waals surface area contributed by atoms with Gasteiger partial charge in [-0.3, -0.25) is 9.59 Å². The number of aliphatic hydroxyl groups is 2. The van der Waals surface area contributed by atoms with Crippen molar-refractivity contribution in [1.82, 2.24) is 5.32 Å². The molecule has 0 aliphatic rings. The van der Waals surface area contributed by atoms with Gasteiger partial charge in [0, 0.05) is 12.8 Å². The Hall–Kier alpha value is -1.66. The van der Waals surface area contributed by atoms with Gasteiger partial charge in [-0.1, -0.05) is 366 Å². The number of allylic oxidation sites excluding steroid dienone is 4. The summed E-state index contributed by atoms with van der Waals surface area (Å²) in [5.41, 5.74) is 0. The summed E-state index contributed by atoms with van der Waals surface area (Å²) in [7, 11) is 0. The van der Waals surface area contributed by atoms with Crippen LogP contribution < -0.4 is 5.32 Å². The highest BCUT2D eigenvalue weighted by Crippen LogP contribution is 2.19. The van der Waals surface area contributed by atoms with Crippen LogP contribution in [0.25, 0.3) is 0 Å². The van der Waals surface area contributed by atoms with Crippen LogP contribution >= 0.6 is 0 Å². The van der Waals surface area contributed by atoms with Crippen LogP contribution in [0.2, 0.25) is 0 Å². The summed E-state index contributed by atoms with van der Waals surface area (Å²) in [6.45, 7) is 4.97. The second-order valence-corrected chi connectivity index (χ2v) is 25.3. The standard InChI is InChI=1S/C74H143NO5/c1-3-5-7-9-11-13-15-17-19-21-22-23-25-28-31-35-38-42-46-50-54-58-62-66-72(77)71(70-76)75-73(78)67-63-59-55-51-47-43-39-36-32-29-26-24-27-30-33-37-41-45-49-53-57-61-65-69-80-74(79)68-64-60-56-52-48-44-40-34-20-18-16-14-12-10-8-6-4-2/h12,14,18,20,71-72,76-77H,3-11,13,15-17,19,21-70H2,1-2H3,(H,75,78)/b14-12-,20-18-. The van der Waals surface area contributed by atoms with E-state index in [1.54, 1.807) is 0 Å². The second-order valence-electron chi connectivity index (χ2n) is 25.3. The molecule has 6 heteroatoms. The number of carbonyl (C=O) groups is 2. The van der Waals surface area contributed by atoms with Gasteiger partial charge in [-0.05, 0) is 57.8 Å². The molecule has 0 saturated heterocycles. The van der Waals surface area contributed by atoms with Crippen LogP contribution in [0.5, 0.6) is 0 Å². The minimum Gasteiger partial charge on any atom is -0.466 e. The Morgan fingerprint density at radius 2 is 0.625 bits per heavy atom. The number of hydrogen-bond donors (Lipinski definition) is 3. The average Bonchev–Trinajstić information content (AvgIpc) is 3.46. The zero-order valence-electron chi connectivity index (χ0n) is 54.3. The van der Waals surface area contributed by atoms with E-state index in [4.69, 9.17) is 4.74 Å². The van der Waals surface area contributed by atoms with Crippen molar-refractivity contribution in [2.24, 2.45) is 0 Å². The number of unbranched alkanes of at least 4 members (excludes halogenated alkanes) is 54. The number of carbonyl (C=O) groups excluding carboxylic acids is 2. The van der Waals surface area contributed by atoms with E-state index in [9.17, 15) is 19.8 Å². The molecule has 3 N–H and O–H groups in total. The van der Waals surface area contributed by atoms with Crippen molar-refractivity contribution in [3.8, 4) is 0 Å². The van der Waals surface area contributed by atoms with Crippen molar-refractivity contribution in [3.63, 3.8) is 0 Å². The molecule has 0 spiro atoms. The summed E-state index contributed by atoms with van der Waals surface area (Å²) in [6.07, 6.45) is 88.0. The Morgan fingerprint density at radius 1 is 0.350 bits per heavy atom. The van der Waals surface area contributed by atoms with E-state index in [0.717, 1.165) is 51.4 Å². The highest BCUT2D eigenvalue weighted by atomic mass is 16.5. The molecule has 0 aliphatic carbocycles. The molecule has 474 valence electrons. The molecule has 0 bridgehead atoms. The van der Waals surface area contributed by atoms with E-state index in [1.807, 2.05) is 0 Å². The molecule has 6 nitrogen and oxygen atoms in total. The number of hydrogen-bond acceptors (Lipinski definition) is 5. The molecular formula is C74H143NO5. The zero-order valence-corrected chi connectivity index (χ0v) is 54.3. The number of aliphatic hydroxyl groups excluding tert-OH is 2. The van der Waals surface area contributed by atoms with Crippen LogP contribution in [0.1, 0.15) is 412 Å². The Kier molecular flexibility index (Phi) is 68.4. The minimum atomic E-state index is -0.665. The first-order valence-corrected chi connectivity index (χ1v) is 36.6. The summed E-state index contributed by atoms with van der Waals surface area (Å²) in [6, 6.07) is -0.542. The Labute approximate surface area is 501 Å². The molecule has 0 radical (unpaired) electrons. The van der Waals surface area contributed by atoms with E-state index < -0.39 is 12.1 Å². The molecule has 0 rings (SSSR count). The SMILES string of the molecule is CCCCC/C=C\C/C=C\CCCCCCCCCC(=O)OCCCCCCCCCCCCCCCCCCCCCCCCCC(=O)NC(CO)C(O)CCCCCCCCCCCCCCCCCCCCCCCCC. The van der Waals surface area contributed by atoms with Gasteiger partial charge in [0.1, 0.15) is 0 Å². The van der Waals surface area contributed by atoms with Crippen LogP contribution in [-0.4, -0.2) is 47.4 Å². The maximum atomic E-state index is 12.6. The molecule has 2 atom stereocenters. The third-order valence-corrected chi connectivity index (χ3v) is 17.3. The van der Waals surface area contributed by atoms with E-state index in [-0.39, 0.29) is 18.5 Å². The molecule has 0 aromatic rings. The van der Waals surface area contributed by atoms with E-state index in [2.05, 4.69) is 43.5 Å². The maximum Gasteiger partial charge on any atom is 0.305 e. The van der Waals surface area contributed by atoms with Gasteiger partial charge in [-0.15, -0.1) is 0 Å². The summed E-state index contributed by atoms with van der Waals surface area (Å²) in [4.78, 5) is 24.7. The number of nitrogens with one attached hydrogen (secondary N) is 1. The lowest BCUT2D eigenvalue weighted by Crippen LogP contribution is -2.45. The molecule has 0 saturated carbocycles. The quantitative estimate of drug-likeness (QED) is 0.0320. The van der Waals surface area contributed by atoms with Gasteiger partial charge in [0.25, 0.3) is 0 Å². The van der Waals surface area contributed by atoms with Crippen LogP contribution in [0.15, 0.2) is 24.3 Å². The average molecular weight is 1130 g/mol. The first kappa shape index (κ1) is 78.3. The highest BCUT2D eigenvalue weighted by Gasteiger charge is 2.20. The number of rotatable bonds is 69. The normalized spacial score (nSPS) is 12.6. The smallest absolute Gasteiger partial charge is 0.305 e. The predicted octanol–water partition coefficient (Wildman–Crippen LogP) is 23.7. The lowest BCUT2D eigenvalue weighted by molar-refractivity contribution is -0.143. The van der Waals surface area contributed by atoms with Crippen molar-refractivity contribution in [1.29, 1.82) is 0 Å². The minimum absolute atomic E-state index is 0.00777. The monoisotopic (exact) mass is 1130 g/mol. The van der Waals surface area contributed by atoms with Crippen molar-refractivity contribution >= 4 is 11.9 Å². The molecule has 80 heavy (non-hydrogen) atoms. The van der Waals surface area contributed by atoms with Crippen molar-refractivity contribution in [3.05, 3.63) is 24.3 Å². The highest BCUT2D eigenvalue weighted by molar-refractivity contribution is 5.76. The Morgan fingerprint density at radius 3 is 0.975 bits per heavy atom. The lowest BCUT2D eigenvalue weighted by atomic mass is 10.0. The molecule has 0 heterocycles. The molecule has 1 amide bonds. The van der Waals surface area contributed by atoms with Crippen LogP contribution in [0, 0.1) is 0 Å². The van der Waals surface area contributed by atoms with Gasteiger partial charge in [0.2, 0.25) is 5.91 Å². The zero-order chi connectivity index (χ0) is 57.8. The third kappa shape index (κ3) is 65.5. The van der Waals surface area contributed by atoms with Gasteiger partial charge < -0.3 is 20.3 Å². The van der Waals surface area contributed by atoms with E-state index in [0.29, 0.717) is 25.9 Å². The topological polar surface area (TPSA) is 95.9 Å². The molecule has 2 unspecified atom stereocenters. The van der Waals surface area contributed by atoms with Crippen LogP contribution in [-0.2, 0) is 14.3 Å². The fourth-order valence-electron chi connectivity index (χ4n) is 11.7. The number of amides is 1. The summed E-state index contributed by atoms with van der Waals surface area (Å²) >= 11 is 0. The third-order valence-electron chi connectivity index (χ3n) is 17.3. The van der Waals surface area contributed by atoms with Gasteiger partial charge in [0.15, 0.2) is 0 Å². The van der Waals surface area contributed by atoms with Crippen molar-refractivity contribution in [2.45, 2.75) is 424 Å².